The summed E-state index contributed by atoms with van der Waals surface area (Å²) in [6, 6.07) is 5.18. The molecule has 0 amide bonds. The van der Waals surface area contributed by atoms with Crippen molar-refractivity contribution in [1.82, 2.24) is 24.4 Å². The van der Waals surface area contributed by atoms with E-state index >= 15 is 0 Å². The first-order valence-corrected chi connectivity index (χ1v) is 10.9. The fourth-order valence-corrected chi connectivity index (χ4v) is 4.19. The predicted molar refractivity (Wildman–Crippen MR) is 126 cm³/mol. The molecular formula is C23H31FN8. The summed E-state index contributed by atoms with van der Waals surface area (Å²) in [7, 11) is 4.13. The number of nitrogen functional groups attached to an aromatic ring is 2. The van der Waals surface area contributed by atoms with Gasteiger partial charge in [-0.1, -0.05) is 0 Å². The Labute approximate surface area is 188 Å². The van der Waals surface area contributed by atoms with Crippen LogP contribution in [-0.2, 0) is 6.54 Å². The van der Waals surface area contributed by atoms with Crippen LogP contribution in [-0.4, -0.2) is 58.1 Å². The van der Waals surface area contributed by atoms with Gasteiger partial charge in [-0.05, 0) is 57.6 Å². The van der Waals surface area contributed by atoms with Crippen LogP contribution in [0, 0.1) is 12.7 Å². The van der Waals surface area contributed by atoms with Crippen LogP contribution in [0.4, 0.5) is 21.7 Å². The van der Waals surface area contributed by atoms with Crippen molar-refractivity contribution in [2.24, 2.45) is 0 Å². The number of rotatable bonds is 6. The van der Waals surface area contributed by atoms with Crippen LogP contribution in [0.2, 0.25) is 0 Å². The van der Waals surface area contributed by atoms with Crippen LogP contribution in [0.5, 0.6) is 0 Å². The highest BCUT2D eigenvalue weighted by molar-refractivity contribution is 5.73. The van der Waals surface area contributed by atoms with Crippen molar-refractivity contribution < 1.29 is 4.39 Å². The summed E-state index contributed by atoms with van der Waals surface area (Å²) < 4.78 is 16.0. The van der Waals surface area contributed by atoms with Crippen LogP contribution in [0.3, 0.4) is 0 Å². The summed E-state index contributed by atoms with van der Waals surface area (Å²) >= 11 is 0. The summed E-state index contributed by atoms with van der Waals surface area (Å²) in [6.07, 6.45) is 5.42. The first-order chi connectivity index (χ1) is 15.3. The van der Waals surface area contributed by atoms with E-state index in [4.69, 9.17) is 16.5 Å². The molecule has 4 N–H and O–H groups in total. The molecule has 2 aromatic heterocycles. The van der Waals surface area contributed by atoms with Crippen LogP contribution in [0.1, 0.15) is 30.1 Å². The van der Waals surface area contributed by atoms with E-state index in [0.717, 1.165) is 56.1 Å². The number of hydrogen-bond donors (Lipinski definition) is 2. The monoisotopic (exact) mass is 438 g/mol. The van der Waals surface area contributed by atoms with Crippen molar-refractivity contribution in [1.29, 1.82) is 0 Å². The zero-order valence-electron chi connectivity index (χ0n) is 18.9. The molecule has 8 nitrogen and oxygen atoms in total. The van der Waals surface area contributed by atoms with Gasteiger partial charge in [0, 0.05) is 43.9 Å². The van der Waals surface area contributed by atoms with E-state index in [1.807, 2.05) is 6.07 Å². The topological polar surface area (TPSA) is 102 Å². The second kappa shape index (κ2) is 9.12. The van der Waals surface area contributed by atoms with E-state index < -0.39 is 0 Å². The van der Waals surface area contributed by atoms with Gasteiger partial charge in [-0.25, -0.2) is 19.3 Å². The first kappa shape index (κ1) is 22.0. The molecule has 1 fully saturated rings. The number of anilines is 3. The van der Waals surface area contributed by atoms with Crippen LogP contribution in [0.25, 0.3) is 11.3 Å². The van der Waals surface area contributed by atoms with E-state index in [0.29, 0.717) is 28.8 Å². The molecule has 1 aliphatic heterocycles. The molecule has 0 unspecified atom stereocenters. The number of nitrogens with two attached hydrogens (primary N) is 2. The molecule has 0 saturated carbocycles. The molecule has 1 aliphatic rings. The Bertz CT molecular complexity index is 1090. The minimum atomic E-state index is -0.196. The van der Waals surface area contributed by atoms with Gasteiger partial charge in [0.05, 0.1) is 5.69 Å². The molecule has 0 aliphatic carbocycles. The number of benzene rings is 1. The highest BCUT2D eigenvalue weighted by atomic mass is 19.1. The molecule has 0 spiro atoms. The van der Waals surface area contributed by atoms with Gasteiger partial charge in [-0.15, -0.1) is 0 Å². The fourth-order valence-electron chi connectivity index (χ4n) is 4.19. The number of aryl methyl sites for hydroxylation is 1. The van der Waals surface area contributed by atoms with Gasteiger partial charge >= 0.3 is 0 Å². The van der Waals surface area contributed by atoms with E-state index in [-0.39, 0.29) is 5.82 Å². The summed E-state index contributed by atoms with van der Waals surface area (Å²) in [6.45, 7) is 5.18. The Balaban J connectivity index is 1.57. The highest BCUT2D eigenvalue weighted by Crippen LogP contribution is 2.34. The molecule has 0 radical (unpaired) electrons. The number of nitrogens with zero attached hydrogens (tertiary/aromatic N) is 6. The zero-order chi connectivity index (χ0) is 22.8. The maximum atomic E-state index is 13.8. The lowest BCUT2D eigenvalue weighted by Crippen LogP contribution is -2.35. The van der Waals surface area contributed by atoms with Gasteiger partial charge in [0.15, 0.2) is 11.6 Å². The smallest absolute Gasteiger partial charge is 0.157 e. The Morgan fingerprint density at radius 1 is 1.16 bits per heavy atom. The van der Waals surface area contributed by atoms with E-state index in [2.05, 4.69) is 44.6 Å². The van der Waals surface area contributed by atoms with Gasteiger partial charge in [0.2, 0.25) is 0 Å². The minimum Gasteiger partial charge on any atom is -0.393 e. The number of halogens is 1. The molecule has 4 rings (SSSR count). The molecule has 3 heterocycles. The number of hydrogen-bond acceptors (Lipinski definition) is 7. The molecule has 9 heteroatoms. The second-order valence-corrected chi connectivity index (χ2v) is 8.70. The summed E-state index contributed by atoms with van der Waals surface area (Å²) in [4.78, 5) is 17.6. The number of imidazole rings is 1. The summed E-state index contributed by atoms with van der Waals surface area (Å²) in [5.74, 6) is 2.23. The van der Waals surface area contributed by atoms with E-state index in [9.17, 15) is 4.39 Å². The molecular weight excluding hydrogens is 407 g/mol. The molecule has 3 aromatic rings. The Morgan fingerprint density at radius 2 is 1.91 bits per heavy atom. The van der Waals surface area contributed by atoms with Crippen molar-refractivity contribution in [3.63, 3.8) is 0 Å². The number of piperidine rings is 1. The minimum absolute atomic E-state index is 0.196. The Morgan fingerprint density at radius 3 is 2.59 bits per heavy atom. The van der Waals surface area contributed by atoms with Crippen molar-refractivity contribution in [2.45, 2.75) is 32.2 Å². The lowest BCUT2D eigenvalue weighted by atomic mass is 9.95. The van der Waals surface area contributed by atoms with Gasteiger partial charge in [0.1, 0.15) is 23.7 Å². The van der Waals surface area contributed by atoms with E-state index in [1.165, 1.54) is 12.4 Å². The average molecular weight is 439 g/mol. The molecule has 32 heavy (non-hydrogen) atoms. The van der Waals surface area contributed by atoms with Gasteiger partial charge in [-0.2, -0.15) is 0 Å². The maximum Gasteiger partial charge on any atom is 0.157 e. The standard InChI is InChI=1S/C23H31FN8/c1-15-12-17(4-5-18(15)24)19-13-32(11-10-30(2)3)22(29-19)16-6-8-31(9-7-16)23-20(25)21(26)27-14-28-23/h4-5,12-14,16H,6-11,25H2,1-3H3,(H2,26,27,28). The van der Waals surface area contributed by atoms with Crippen LogP contribution < -0.4 is 16.4 Å². The second-order valence-electron chi connectivity index (χ2n) is 8.70. The predicted octanol–water partition coefficient (Wildman–Crippen LogP) is 2.90. The Kier molecular flexibility index (Phi) is 6.27. The highest BCUT2D eigenvalue weighted by Gasteiger charge is 2.27. The summed E-state index contributed by atoms with van der Waals surface area (Å²) in [5, 5.41) is 0. The van der Waals surface area contributed by atoms with Crippen molar-refractivity contribution >= 4 is 17.3 Å². The van der Waals surface area contributed by atoms with Crippen molar-refractivity contribution in [2.75, 3.05) is 50.1 Å². The number of likely N-dealkylation sites (N-methyl/N-ethyl adjacent to an activating group) is 1. The van der Waals surface area contributed by atoms with E-state index in [1.54, 1.807) is 13.0 Å². The molecule has 170 valence electrons. The van der Waals surface area contributed by atoms with Crippen molar-refractivity contribution in [3.8, 4) is 11.3 Å². The third-order valence-corrected chi connectivity index (χ3v) is 6.10. The van der Waals surface area contributed by atoms with Crippen molar-refractivity contribution in [3.05, 3.63) is 47.9 Å². The lowest BCUT2D eigenvalue weighted by Gasteiger charge is -2.33. The molecule has 1 saturated heterocycles. The quantitative estimate of drug-likeness (QED) is 0.610. The lowest BCUT2D eigenvalue weighted by molar-refractivity contribution is 0.372. The fraction of sp³-hybridized carbons (Fsp3) is 0.435. The zero-order valence-corrected chi connectivity index (χ0v) is 18.9. The SMILES string of the molecule is Cc1cc(-c2cn(CCN(C)C)c(C3CCN(c4ncnc(N)c4N)CC3)n2)ccc1F. The molecule has 0 atom stereocenters. The third-order valence-electron chi connectivity index (χ3n) is 6.10. The largest absolute Gasteiger partial charge is 0.393 e. The van der Waals surface area contributed by atoms with Crippen LogP contribution >= 0.6 is 0 Å². The first-order valence-electron chi connectivity index (χ1n) is 10.9. The molecule has 1 aromatic carbocycles. The normalized spacial score (nSPS) is 15.0. The summed E-state index contributed by atoms with van der Waals surface area (Å²) in [5.41, 5.74) is 14.9. The van der Waals surface area contributed by atoms with Gasteiger partial charge in [0.25, 0.3) is 0 Å². The molecule has 0 bridgehead atoms. The van der Waals surface area contributed by atoms with Crippen LogP contribution in [0.15, 0.2) is 30.7 Å². The van der Waals surface area contributed by atoms with Gasteiger partial charge in [-0.3, -0.25) is 0 Å². The third kappa shape index (κ3) is 4.52. The number of aromatic nitrogens is 4. The Hall–Kier alpha value is -3.20. The maximum absolute atomic E-state index is 13.8. The average Bonchev–Trinajstić information content (AvgIpc) is 3.20. The van der Waals surface area contributed by atoms with Gasteiger partial charge < -0.3 is 25.8 Å².